The average molecular weight is 591 g/mol. The van der Waals surface area contributed by atoms with Crippen LogP contribution in [-0.2, 0) is 33.2 Å². The molecule has 2 aliphatic carbocycles. The van der Waals surface area contributed by atoms with Gasteiger partial charge in [0.1, 0.15) is 35.4 Å². The molecule has 11 nitrogen and oxygen atoms in total. The van der Waals surface area contributed by atoms with E-state index in [4.69, 9.17) is 33.8 Å². The van der Waals surface area contributed by atoms with E-state index < -0.39 is 77.4 Å². The Morgan fingerprint density at radius 2 is 1.93 bits per heavy atom. The van der Waals surface area contributed by atoms with Crippen LogP contribution in [0.25, 0.3) is 0 Å². The number of ether oxygens (including phenoxy) is 6. The Hall–Kier alpha value is -2.90. The number of aliphatic hydroxyl groups is 1. The number of nitrogens with one attached hydrogen (secondary N) is 2. The number of carbonyl (C=O) groups is 2. The summed E-state index contributed by atoms with van der Waals surface area (Å²) < 4.78 is 48.6. The molecule has 3 N–H and O–H groups in total. The Kier molecular flexibility index (Phi) is 8.73. The topological polar surface area (TPSA) is 149 Å². The minimum atomic E-state index is -1.18. The van der Waals surface area contributed by atoms with E-state index in [0.717, 1.165) is 17.8 Å². The molecule has 12 heteroatoms. The summed E-state index contributed by atoms with van der Waals surface area (Å²) in [7, 11) is 4.47. The molecule has 5 rings (SSSR count). The zero-order valence-electron chi connectivity index (χ0n) is 24.4. The zero-order chi connectivity index (χ0) is 30.3. The summed E-state index contributed by atoms with van der Waals surface area (Å²) in [6, 6.07) is 1.04. The van der Waals surface area contributed by atoms with Gasteiger partial charge in [0.05, 0.1) is 37.6 Å². The summed E-state index contributed by atoms with van der Waals surface area (Å²) >= 11 is 0. The molecule has 42 heavy (non-hydrogen) atoms. The number of H-pyrrole nitrogens is 1. The highest BCUT2D eigenvalue weighted by molar-refractivity contribution is 5.90. The van der Waals surface area contributed by atoms with Gasteiger partial charge in [-0.15, -0.1) is 0 Å². The number of hydrogen-bond donors (Lipinski definition) is 3. The number of cyclic esters (lactones) is 1. The normalized spacial score (nSPS) is 40.2. The molecule has 1 aromatic rings. The molecular weight excluding hydrogens is 551 g/mol. The lowest BCUT2D eigenvalue weighted by atomic mass is 9.56. The van der Waals surface area contributed by atoms with Crippen LogP contribution in [0.4, 0.5) is 4.39 Å². The van der Waals surface area contributed by atoms with Gasteiger partial charge >= 0.3 is 11.9 Å². The van der Waals surface area contributed by atoms with Crippen molar-refractivity contribution in [3.8, 4) is 0 Å². The Bertz CT molecular complexity index is 1260. The van der Waals surface area contributed by atoms with E-state index in [9.17, 15) is 19.1 Å². The Morgan fingerprint density at radius 1 is 1.19 bits per heavy atom. The number of hydrogen-bond acceptors (Lipinski definition) is 10. The third kappa shape index (κ3) is 4.92. The van der Waals surface area contributed by atoms with E-state index in [-0.39, 0.29) is 37.1 Å². The van der Waals surface area contributed by atoms with Gasteiger partial charge in [0.25, 0.3) is 0 Å². The van der Waals surface area contributed by atoms with Crippen LogP contribution in [0.15, 0.2) is 36.1 Å². The first-order valence-electron chi connectivity index (χ1n) is 14.1. The van der Waals surface area contributed by atoms with Crippen LogP contribution < -0.4 is 0 Å². The molecule has 2 fully saturated rings. The number of aliphatic hydroxyl groups excluding tert-OH is 1. The smallest absolute Gasteiger partial charge is 0.355 e. The summed E-state index contributed by atoms with van der Waals surface area (Å²) in [4.78, 5) is 29.4. The van der Waals surface area contributed by atoms with Crippen LogP contribution >= 0.6 is 0 Å². The van der Waals surface area contributed by atoms with Crippen molar-refractivity contribution in [3.05, 3.63) is 47.6 Å². The lowest BCUT2D eigenvalue weighted by molar-refractivity contribution is -0.162. The molecule has 4 bridgehead atoms. The fourth-order valence-corrected chi connectivity index (χ4v) is 7.59. The molecule has 1 aromatic heterocycles. The minimum Gasteiger partial charge on any atom is -0.455 e. The van der Waals surface area contributed by atoms with E-state index in [1.54, 1.807) is 0 Å². The van der Waals surface area contributed by atoms with Crippen molar-refractivity contribution in [1.82, 2.24) is 4.98 Å². The van der Waals surface area contributed by atoms with Gasteiger partial charge in [-0.1, -0.05) is 25.2 Å². The maximum absolute atomic E-state index is 13.8. The van der Waals surface area contributed by atoms with Crippen molar-refractivity contribution in [2.75, 3.05) is 41.2 Å². The fraction of sp³-hybridized carbons (Fsp3) is 0.633. The molecule has 1 saturated carbocycles. The molecule has 0 unspecified atom stereocenters. The zero-order valence-corrected chi connectivity index (χ0v) is 24.4. The highest BCUT2D eigenvalue weighted by Gasteiger charge is 2.71. The van der Waals surface area contributed by atoms with Gasteiger partial charge in [0.15, 0.2) is 0 Å². The first kappa shape index (κ1) is 30.6. The van der Waals surface area contributed by atoms with E-state index in [0.29, 0.717) is 0 Å². The van der Waals surface area contributed by atoms with Gasteiger partial charge in [0.2, 0.25) is 0 Å². The highest BCUT2D eigenvalue weighted by atomic mass is 19.1. The SMILES string of the molecule is COCC(=N)[C@H]1OC(=O)[C@H](COC)[C@H]2C=C[C@H]3[C@H]4O[C@]2(/C(C)=C/[C@H]1C)[C@@H]3[C@H](O)[C@@H](COC)[C@H]4OC(=O)c1cc(F)c[nH]1. The third-order valence-electron chi connectivity index (χ3n) is 9.25. The number of aromatic nitrogens is 1. The number of esters is 2. The van der Waals surface area contributed by atoms with Crippen molar-refractivity contribution in [1.29, 1.82) is 5.41 Å². The highest BCUT2D eigenvalue weighted by Crippen LogP contribution is 2.62. The van der Waals surface area contributed by atoms with Crippen LogP contribution in [0.2, 0.25) is 0 Å². The maximum Gasteiger partial charge on any atom is 0.355 e. The van der Waals surface area contributed by atoms with Gasteiger partial charge in [-0.2, -0.15) is 0 Å². The van der Waals surface area contributed by atoms with Crippen molar-refractivity contribution < 1.29 is 47.5 Å². The van der Waals surface area contributed by atoms with Gasteiger partial charge in [0, 0.05) is 63.2 Å². The van der Waals surface area contributed by atoms with Gasteiger partial charge in [-0.25, -0.2) is 9.18 Å². The summed E-state index contributed by atoms with van der Waals surface area (Å²) in [6.45, 7) is 3.84. The number of halogens is 1. The number of rotatable bonds is 9. The maximum atomic E-state index is 13.8. The summed E-state index contributed by atoms with van der Waals surface area (Å²) in [5.74, 6) is -5.30. The first-order valence-corrected chi connectivity index (χ1v) is 14.1. The second kappa shape index (κ2) is 12.0. The standard InChI is InChI=1S/C30H39FN2O9/c1-14-8-15(2)30-20(18(11-37-3)28(35)40-25(14)21(32)13-39-5)7-6-17-23(30)24(34)19(12-38-4)26(27(17)42-30)41-29(36)22-9-16(31)10-33-22/h6-10,14,17-20,23-27,32-34H,11-13H2,1-5H3/b15-8+,32-21?/t14-,17-,18-,19-,20-,23+,24-,25+,26-,27-,30+/m1/s1. The van der Waals surface area contributed by atoms with Crippen LogP contribution in [-0.4, -0.2) is 98.9 Å². The van der Waals surface area contributed by atoms with E-state index >= 15 is 0 Å². The summed E-state index contributed by atoms with van der Waals surface area (Å²) in [6.07, 6.45) is 3.27. The van der Waals surface area contributed by atoms with Crippen molar-refractivity contribution >= 4 is 17.7 Å². The summed E-state index contributed by atoms with van der Waals surface area (Å²) in [5, 5.41) is 20.5. The number of carbonyl (C=O) groups excluding carboxylic acids is 2. The molecule has 230 valence electrons. The molecule has 0 aromatic carbocycles. The van der Waals surface area contributed by atoms with Crippen molar-refractivity contribution in [2.45, 2.75) is 43.9 Å². The molecule has 0 amide bonds. The molecular formula is C30H39FN2O9. The van der Waals surface area contributed by atoms with Gasteiger partial charge in [-0.05, 0) is 12.5 Å². The van der Waals surface area contributed by atoms with E-state index in [1.165, 1.54) is 21.3 Å². The van der Waals surface area contributed by atoms with Crippen molar-refractivity contribution in [2.24, 2.45) is 35.5 Å². The molecule has 1 saturated heterocycles. The molecule has 0 radical (unpaired) electrons. The fourth-order valence-electron chi connectivity index (χ4n) is 7.59. The second-order valence-corrected chi connectivity index (χ2v) is 11.7. The Balaban J connectivity index is 1.61. The molecule has 11 atom stereocenters. The van der Waals surface area contributed by atoms with Gasteiger partial charge in [-0.3, -0.25) is 4.79 Å². The minimum absolute atomic E-state index is 0.00294. The van der Waals surface area contributed by atoms with Gasteiger partial charge < -0.3 is 43.9 Å². The monoisotopic (exact) mass is 590 g/mol. The molecule has 4 aliphatic rings. The van der Waals surface area contributed by atoms with Crippen LogP contribution in [0, 0.1) is 46.7 Å². The van der Waals surface area contributed by atoms with E-state index in [2.05, 4.69) is 4.98 Å². The molecule has 2 aliphatic heterocycles. The van der Waals surface area contributed by atoms with Crippen molar-refractivity contribution in [3.63, 3.8) is 0 Å². The predicted molar refractivity (Wildman–Crippen MR) is 146 cm³/mol. The first-order chi connectivity index (χ1) is 20.1. The van der Waals surface area contributed by atoms with Crippen LogP contribution in [0.1, 0.15) is 24.3 Å². The third-order valence-corrected chi connectivity index (χ3v) is 9.25. The largest absolute Gasteiger partial charge is 0.455 e. The lowest BCUT2D eigenvalue weighted by Gasteiger charge is -2.49. The summed E-state index contributed by atoms with van der Waals surface area (Å²) in [5.41, 5.74) is -0.351. The molecule has 1 spiro atoms. The van der Waals surface area contributed by atoms with Crippen LogP contribution in [0.3, 0.4) is 0 Å². The second-order valence-electron chi connectivity index (χ2n) is 11.7. The lowest BCUT2D eigenvalue weighted by Crippen LogP contribution is -2.59. The predicted octanol–water partition coefficient (Wildman–Crippen LogP) is 2.31. The quantitative estimate of drug-likeness (QED) is 0.224. The van der Waals surface area contributed by atoms with E-state index in [1.807, 2.05) is 32.1 Å². The average Bonchev–Trinajstić information content (AvgIpc) is 3.47. The Morgan fingerprint density at radius 3 is 2.57 bits per heavy atom. The molecule has 3 heterocycles. The number of methoxy groups -OCH3 is 3. The van der Waals surface area contributed by atoms with Crippen LogP contribution in [0.5, 0.6) is 0 Å². The Labute approximate surface area is 243 Å². The number of aromatic amines is 1.